The number of aromatic amines is 1. The third kappa shape index (κ3) is 3.69. The lowest BCUT2D eigenvalue weighted by Crippen LogP contribution is -2.42. The van der Waals surface area contributed by atoms with Gasteiger partial charge in [-0.1, -0.05) is 30.3 Å². The molecule has 1 aliphatic heterocycles. The van der Waals surface area contributed by atoms with Gasteiger partial charge in [0.1, 0.15) is 29.4 Å². The van der Waals surface area contributed by atoms with Gasteiger partial charge in [0.25, 0.3) is 11.7 Å². The number of nitrogens with zero attached hydrogens (tertiary/aromatic N) is 7. The number of hydrogen-bond donors (Lipinski definition) is 1. The molecule has 5 aromatic rings. The van der Waals surface area contributed by atoms with Crippen LogP contribution in [0.25, 0.3) is 28.0 Å². The van der Waals surface area contributed by atoms with Gasteiger partial charge in [-0.15, -0.1) is 0 Å². The standard InChI is InChI=1S/C26H24N8O4/c1-15-29-14-34(31-15)24-21-20(18(37-2)12-28-24)17(11-27-21)23(35)26(36)32-9-10-33-19(13-32)30-25(38-3)22(33)16-7-5-4-6-8-16/h4-8,11-12,14,27H,9-10,13H2,1-3H3. The Kier molecular flexibility index (Phi) is 5.63. The second kappa shape index (κ2) is 9.14. The largest absolute Gasteiger partial charge is 0.494 e. The van der Waals surface area contributed by atoms with E-state index in [-0.39, 0.29) is 12.1 Å². The van der Waals surface area contributed by atoms with Gasteiger partial charge in [0, 0.05) is 24.8 Å². The normalized spacial score (nSPS) is 13.0. The molecule has 12 heteroatoms. The lowest BCUT2D eigenvalue weighted by molar-refractivity contribution is -0.127. The number of Topliss-reactive ketones (excluding diaryl/α,β-unsaturated/α-hetero) is 1. The van der Waals surface area contributed by atoms with Crippen LogP contribution in [-0.4, -0.2) is 71.6 Å². The van der Waals surface area contributed by atoms with Crippen molar-refractivity contribution >= 4 is 22.6 Å². The predicted octanol–water partition coefficient (Wildman–Crippen LogP) is 2.56. The molecule has 1 aromatic carbocycles. The smallest absolute Gasteiger partial charge is 0.295 e. The summed E-state index contributed by atoms with van der Waals surface area (Å²) in [7, 11) is 3.06. The number of carbonyl (C=O) groups excluding carboxylic acids is 2. The summed E-state index contributed by atoms with van der Waals surface area (Å²) in [5.41, 5.74) is 2.53. The van der Waals surface area contributed by atoms with Crippen molar-refractivity contribution in [2.75, 3.05) is 20.8 Å². The number of hydrogen-bond acceptors (Lipinski definition) is 8. The molecule has 1 amide bonds. The zero-order valence-corrected chi connectivity index (χ0v) is 21.0. The van der Waals surface area contributed by atoms with Crippen molar-refractivity contribution in [3.05, 3.63) is 66.3 Å². The topological polar surface area (TPSA) is 133 Å². The van der Waals surface area contributed by atoms with E-state index in [1.165, 1.54) is 35.4 Å². The molecule has 192 valence electrons. The number of H-pyrrole nitrogens is 1. The number of imidazole rings is 1. The summed E-state index contributed by atoms with van der Waals surface area (Å²) >= 11 is 0. The van der Waals surface area contributed by atoms with E-state index in [0.717, 1.165) is 11.3 Å². The van der Waals surface area contributed by atoms with Gasteiger partial charge in [-0.25, -0.2) is 14.6 Å². The van der Waals surface area contributed by atoms with Crippen LogP contribution in [0.1, 0.15) is 22.0 Å². The molecule has 0 fully saturated rings. The van der Waals surface area contributed by atoms with Gasteiger partial charge in [-0.2, -0.15) is 10.1 Å². The van der Waals surface area contributed by atoms with E-state index in [1.54, 1.807) is 14.0 Å². The number of amides is 1. The molecule has 0 atom stereocenters. The van der Waals surface area contributed by atoms with Gasteiger partial charge < -0.3 is 23.9 Å². The van der Waals surface area contributed by atoms with E-state index in [0.29, 0.717) is 53.1 Å². The summed E-state index contributed by atoms with van der Waals surface area (Å²) in [6.07, 6.45) is 4.54. The van der Waals surface area contributed by atoms with Crippen molar-refractivity contribution in [2.24, 2.45) is 0 Å². The SMILES string of the molecule is COc1nc2n(c1-c1ccccc1)CCN(C(=O)C(=O)c1c[nH]c3c(-n4cnc(C)n4)ncc(OC)c13)C2. The van der Waals surface area contributed by atoms with Crippen molar-refractivity contribution in [1.82, 2.24) is 39.2 Å². The number of carbonyl (C=O) groups is 2. The Morgan fingerprint density at radius 1 is 1.05 bits per heavy atom. The molecule has 0 unspecified atom stereocenters. The highest BCUT2D eigenvalue weighted by atomic mass is 16.5. The van der Waals surface area contributed by atoms with Gasteiger partial charge in [-0.05, 0) is 6.92 Å². The minimum Gasteiger partial charge on any atom is -0.494 e. The van der Waals surface area contributed by atoms with Gasteiger partial charge in [-0.3, -0.25) is 9.59 Å². The molecule has 6 rings (SSSR count). The molecule has 0 bridgehead atoms. The number of benzene rings is 1. The van der Waals surface area contributed by atoms with E-state index in [4.69, 9.17) is 9.47 Å². The Morgan fingerprint density at radius 2 is 1.87 bits per heavy atom. The second-order valence-corrected chi connectivity index (χ2v) is 8.80. The Bertz CT molecular complexity index is 1680. The molecule has 0 saturated carbocycles. The Balaban J connectivity index is 1.33. The fraction of sp³-hybridized carbons (Fsp3) is 0.231. The quantitative estimate of drug-likeness (QED) is 0.271. The number of rotatable bonds is 6. The summed E-state index contributed by atoms with van der Waals surface area (Å²) in [5.74, 6) is 1.23. The van der Waals surface area contributed by atoms with Crippen LogP contribution in [-0.2, 0) is 17.9 Å². The fourth-order valence-electron chi connectivity index (χ4n) is 4.82. The highest BCUT2D eigenvalue weighted by molar-refractivity contribution is 6.45. The second-order valence-electron chi connectivity index (χ2n) is 8.80. The zero-order chi connectivity index (χ0) is 26.4. The van der Waals surface area contributed by atoms with Crippen LogP contribution in [0.2, 0.25) is 0 Å². The van der Waals surface area contributed by atoms with Crippen LogP contribution in [0.3, 0.4) is 0 Å². The van der Waals surface area contributed by atoms with Crippen molar-refractivity contribution in [3.8, 4) is 28.7 Å². The number of fused-ring (bicyclic) bond motifs is 2. The minimum absolute atomic E-state index is 0.179. The van der Waals surface area contributed by atoms with E-state index < -0.39 is 11.7 Å². The average Bonchev–Trinajstić information content (AvgIpc) is 3.68. The lowest BCUT2D eigenvalue weighted by atomic mass is 10.1. The summed E-state index contributed by atoms with van der Waals surface area (Å²) in [5, 5.41) is 4.77. The molecular formula is C26H24N8O4. The van der Waals surface area contributed by atoms with Crippen LogP contribution in [0.15, 0.2) is 49.1 Å². The van der Waals surface area contributed by atoms with Crippen molar-refractivity contribution in [1.29, 1.82) is 0 Å². The summed E-state index contributed by atoms with van der Waals surface area (Å²) in [4.78, 5) is 44.7. The number of pyridine rings is 1. The monoisotopic (exact) mass is 512 g/mol. The zero-order valence-electron chi connectivity index (χ0n) is 21.0. The van der Waals surface area contributed by atoms with Crippen LogP contribution >= 0.6 is 0 Å². The maximum absolute atomic E-state index is 13.5. The van der Waals surface area contributed by atoms with Gasteiger partial charge >= 0.3 is 0 Å². The minimum atomic E-state index is -0.656. The lowest BCUT2D eigenvalue weighted by Gasteiger charge is -2.28. The fourth-order valence-corrected chi connectivity index (χ4v) is 4.82. The number of methoxy groups -OCH3 is 2. The molecular weight excluding hydrogens is 488 g/mol. The Hall–Kier alpha value is -5.00. The van der Waals surface area contributed by atoms with Gasteiger partial charge in [0.2, 0.25) is 5.88 Å². The molecule has 0 aliphatic carbocycles. The third-order valence-electron chi connectivity index (χ3n) is 6.60. The van der Waals surface area contributed by atoms with E-state index in [9.17, 15) is 9.59 Å². The van der Waals surface area contributed by atoms with Crippen LogP contribution < -0.4 is 9.47 Å². The first kappa shape index (κ1) is 23.4. The van der Waals surface area contributed by atoms with Crippen LogP contribution in [0.5, 0.6) is 11.6 Å². The molecule has 5 heterocycles. The number of aromatic nitrogens is 7. The van der Waals surface area contributed by atoms with E-state index >= 15 is 0 Å². The first-order chi connectivity index (χ1) is 18.5. The number of aryl methyl sites for hydroxylation is 1. The molecule has 1 N–H and O–H groups in total. The molecule has 38 heavy (non-hydrogen) atoms. The molecule has 0 radical (unpaired) electrons. The number of nitrogens with one attached hydrogen (secondary N) is 1. The van der Waals surface area contributed by atoms with Gasteiger partial charge in [0.05, 0.1) is 43.4 Å². The van der Waals surface area contributed by atoms with E-state index in [2.05, 4.69) is 25.0 Å². The predicted molar refractivity (Wildman–Crippen MR) is 136 cm³/mol. The molecule has 1 aliphatic rings. The third-order valence-corrected chi connectivity index (χ3v) is 6.60. The summed E-state index contributed by atoms with van der Waals surface area (Å²) in [6.45, 7) is 2.77. The van der Waals surface area contributed by atoms with Crippen LogP contribution in [0, 0.1) is 6.92 Å². The van der Waals surface area contributed by atoms with Gasteiger partial charge in [0.15, 0.2) is 5.82 Å². The van der Waals surface area contributed by atoms with Crippen molar-refractivity contribution in [2.45, 2.75) is 20.0 Å². The van der Waals surface area contributed by atoms with Crippen molar-refractivity contribution < 1.29 is 19.1 Å². The van der Waals surface area contributed by atoms with Crippen molar-refractivity contribution in [3.63, 3.8) is 0 Å². The highest BCUT2D eigenvalue weighted by Crippen LogP contribution is 2.34. The number of ether oxygens (including phenoxy) is 2. The average molecular weight is 513 g/mol. The summed E-state index contributed by atoms with van der Waals surface area (Å²) in [6, 6.07) is 9.82. The number of ketones is 1. The molecule has 12 nitrogen and oxygen atoms in total. The maximum atomic E-state index is 13.5. The molecule has 0 spiro atoms. The first-order valence-corrected chi connectivity index (χ1v) is 11.9. The Morgan fingerprint density at radius 3 is 2.58 bits per heavy atom. The first-order valence-electron chi connectivity index (χ1n) is 11.9. The maximum Gasteiger partial charge on any atom is 0.295 e. The molecule has 4 aromatic heterocycles. The molecule has 0 saturated heterocycles. The summed E-state index contributed by atoms with van der Waals surface area (Å²) < 4.78 is 14.6. The van der Waals surface area contributed by atoms with E-state index in [1.807, 2.05) is 34.9 Å². The van der Waals surface area contributed by atoms with Crippen LogP contribution in [0.4, 0.5) is 0 Å². The highest BCUT2D eigenvalue weighted by Gasteiger charge is 2.32. The Labute approximate surface area is 216 Å².